The Bertz CT molecular complexity index is 375. The largest absolute Gasteiger partial charge is 0.381 e. The average Bonchev–Trinajstić information content (AvgIpc) is 2.49. The molecule has 0 aliphatic carbocycles. The number of aromatic amines is 1. The molecule has 1 heterocycles. The first kappa shape index (κ1) is 10.6. The summed E-state index contributed by atoms with van der Waals surface area (Å²) in [7, 11) is 0. The van der Waals surface area contributed by atoms with Crippen LogP contribution in [0.4, 0.5) is 5.82 Å². The third-order valence-corrected chi connectivity index (χ3v) is 1.94. The second kappa shape index (κ2) is 5.29. The molecule has 3 nitrogen and oxygen atoms in total. The van der Waals surface area contributed by atoms with Gasteiger partial charge in [0.05, 0.1) is 5.69 Å². The number of rotatable bonds is 3. The topological polar surface area (TPSA) is 54.7 Å². The molecule has 0 aliphatic heterocycles. The van der Waals surface area contributed by atoms with Gasteiger partial charge in [-0.15, -0.1) is 0 Å². The Morgan fingerprint density at radius 1 is 1.29 bits per heavy atom. The maximum Gasteiger partial charge on any atom is 0.164 e. The molecule has 0 bridgehead atoms. The molecule has 0 saturated heterocycles. The highest BCUT2D eigenvalue weighted by Crippen LogP contribution is 2.20. The fourth-order valence-electron chi connectivity index (χ4n) is 0.858. The number of halogens is 1. The van der Waals surface area contributed by atoms with Gasteiger partial charge in [-0.05, 0) is 13.0 Å². The maximum atomic E-state index is 5.84. The lowest BCUT2D eigenvalue weighted by Crippen LogP contribution is -1.83. The maximum absolute atomic E-state index is 5.84. The molecule has 1 aromatic rings. The predicted molar refractivity (Wildman–Crippen MR) is 61.0 cm³/mol. The first-order valence-corrected chi connectivity index (χ1v) is 4.59. The number of nitrogens with zero attached hydrogens (tertiary/aromatic N) is 1. The summed E-state index contributed by atoms with van der Waals surface area (Å²) < 4.78 is 0. The van der Waals surface area contributed by atoms with Crippen LogP contribution >= 0.6 is 11.6 Å². The van der Waals surface area contributed by atoms with Crippen molar-refractivity contribution in [3.63, 3.8) is 0 Å². The Balaban J connectivity index is 2.65. The van der Waals surface area contributed by atoms with E-state index < -0.39 is 0 Å². The summed E-state index contributed by atoms with van der Waals surface area (Å²) in [4.78, 5) is 0. The van der Waals surface area contributed by atoms with E-state index >= 15 is 0 Å². The van der Waals surface area contributed by atoms with E-state index in [4.69, 9.17) is 17.3 Å². The Morgan fingerprint density at radius 2 is 2.00 bits per heavy atom. The zero-order valence-corrected chi connectivity index (χ0v) is 8.62. The van der Waals surface area contributed by atoms with Crippen LogP contribution in [-0.4, -0.2) is 10.2 Å². The van der Waals surface area contributed by atoms with Crippen LogP contribution in [0.5, 0.6) is 0 Å². The summed E-state index contributed by atoms with van der Waals surface area (Å²) in [5, 5.41) is 6.94. The van der Waals surface area contributed by atoms with Crippen LogP contribution in [0.15, 0.2) is 30.4 Å². The summed E-state index contributed by atoms with van der Waals surface area (Å²) in [5.74, 6) is 0.323. The molecule has 0 saturated carbocycles. The van der Waals surface area contributed by atoms with E-state index in [0.29, 0.717) is 16.5 Å². The van der Waals surface area contributed by atoms with E-state index in [1.165, 1.54) is 0 Å². The van der Waals surface area contributed by atoms with E-state index in [-0.39, 0.29) is 0 Å². The normalized spacial score (nSPS) is 12.4. The van der Waals surface area contributed by atoms with Gasteiger partial charge in [0.1, 0.15) is 5.02 Å². The van der Waals surface area contributed by atoms with Crippen molar-refractivity contribution in [1.29, 1.82) is 0 Å². The first-order chi connectivity index (χ1) is 6.75. The molecule has 0 amide bonds. The number of nitrogen functional groups attached to an aromatic ring is 1. The minimum Gasteiger partial charge on any atom is -0.381 e. The van der Waals surface area contributed by atoms with Crippen molar-refractivity contribution in [2.75, 3.05) is 5.73 Å². The average molecular weight is 210 g/mol. The second-order valence-electron chi connectivity index (χ2n) is 2.61. The molecule has 0 spiro atoms. The van der Waals surface area contributed by atoms with Crippen LogP contribution in [0.1, 0.15) is 12.6 Å². The van der Waals surface area contributed by atoms with Gasteiger partial charge in [-0.1, -0.05) is 42.0 Å². The quantitative estimate of drug-likeness (QED) is 0.753. The number of nitrogens with one attached hydrogen (secondary N) is 1. The van der Waals surface area contributed by atoms with Crippen LogP contribution in [0.25, 0.3) is 6.08 Å². The molecular weight excluding hydrogens is 198 g/mol. The molecule has 1 rings (SSSR count). The molecule has 0 aromatic carbocycles. The van der Waals surface area contributed by atoms with Crippen LogP contribution in [0, 0.1) is 0 Å². The van der Waals surface area contributed by atoms with Crippen molar-refractivity contribution < 1.29 is 0 Å². The van der Waals surface area contributed by atoms with Gasteiger partial charge >= 0.3 is 0 Å². The van der Waals surface area contributed by atoms with E-state index in [2.05, 4.69) is 10.2 Å². The van der Waals surface area contributed by atoms with Crippen molar-refractivity contribution >= 4 is 23.5 Å². The number of nitrogens with two attached hydrogens (primary N) is 1. The molecule has 0 atom stereocenters. The highest BCUT2D eigenvalue weighted by molar-refractivity contribution is 6.34. The summed E-state index contributed by atoms with van der Waals surface area (Å²) in [5.41, 5.74) is 6.17. The van der Waals surface area contributed by atoms with Crippen molar-refractivity contribution in [1.82, 2.24) is 10.2 Å². The molecule has 1 aromatic heterocycles. The van der Waals surface area contributed by atoms with Gasteiger partial charge in [0.15, 0.2) is 5.82 Å². The molecule has 3 N–H and O–H groups in total. The van der Waals surface area contributed by atoms with E-state index in [0.717, 1.165) is 0 Å². The molecule has 0 radical (unpaired) electrons. The van der Waals surface area contributed by atoms with Crippen LogP contribution in [0.2, 0.25) is 5.02 Å². The van der Waals surface area contributed by atoms with Crippen LogP contribution in [-0.2, 0) is 0 Å². The van der Waals surface area contributed by atoms with Crippen LogP contribution < -0.4 is 5.73 Å². The summed E-state index contributed by atoms with van der Waals surface area (Å²) in [6.07, 6.45) is 11.4. The SMILES string of the molecule is C\C=C/C=C\C=C\c1[nH]nc(N)c1Cl. The second-order valence-corrected chi connectivity index (χ2v) is 2.98. The van der Waals surface area contributed by atoms with Gasteiger partial charge < -0.3 is 5.73 Å². The predicted octanol–water partition coefficient (Wildman–Crippen LogP) is 2.79. The van der Waals surface area contributed by atoms with Crippen molar-refractivity contribution in [2.24, 2.45) is 0 Å². The van der Waals surface area contributed by atoms with E-state index in [9.17, 15) is 0 Å². The van der Waals surface area contributed by atoms with Crippen molar-refractivity contribution in [2.45, 2.75) is 6.92 Å². The molecule has 14 heavy (non-hydrogen) atoms. The first-order valence-electron chi connectivity index (χ1n) is 4.21. The zero-order valence-electron chi connectivity index (χ0n) is 7.87. The molecule has 74 valence electrons. The third-order valence-electron chi connectivity index (χ3n) is 1.55. The fourth-order valence-corrected chi connectivity index (χ4v) is 1.01. The van der Waals surface area contributed by atoms with E-state index in [1.54, 1.807) is 0 Å². The number of H-pyrrole nitrogens is 1. The molecule has 0 unspecified atom stereocenters. The van der Waals surface area contributed by atoms with Gasteiger partial charge in [-0.2, -0.15) is 5.10 Å². The number of anilines is 1. The van der Waals surface area contributed by atoms with Crippen molar-refractivity contribution in [3.05, 3.63) is 41.1 Å². The molecule has 0 fully saturated rings. The lowest BCUT2D eigenvalue weighted by Gasteiger charge is -1.85. The van der Waals surface area contributed by atoms with Gasteiger partial charge in [0, 0.05) is 0 Å². The Hall–Kier alpha value is -1.48. The van der Waals surface area contributed by atoms with Crippen LogP contribution in [0.3, 0.4) is 0 Å². The zero-order chi connectivity index (χ0) is 10.4. The molecule has 4 heteroatoms. The van der Waals surface area contributed by atoms with Crippen molar-refractivity contribution in [3.8, 4) is 0 Å². The fraction of sp³-hybridized carbons (Fsp3) is 0.100. The highest BCUT2D eigenvalue weighted by Gasteiger charge is 2.03. The standard InChI is InChI=1S/C10H12ClN3/c1-2-3-4-5-6-7-8-9(11)10(12)14-13-8/h2-7H,1H3,(H3,12,13,14)/b3-2-,5-4-,7-6+. The van der Waals surface area contributed by atoms with Gasteiger partial charge in [0.25, 0.3) is 0 Å². The minimum atomic E-state index is 0.323. The molecular formula is C10H12ClN3. The minimum absolute atomic E-state index is 0.323. The van der Waals surface area contributed by atoms with Gasteiger partial charge in [-0.3, -0.25) is 5.10 Å². The van der Waals surface area contributed by atoms with Gasteiger partial charge in [-0.25, -0.2) is 0 Å². The molecule has 0 aliphatic rings. The number of hydrogen-bond acceptors (Lipinski definition) is 2. The highest BCUT2D eigenvalue weighted by atomic mass is 35.5. The van der Waals surface area contributed by atoms with Gasteiger partial charge in [0.2, 0.25) is 0 Å². The Morgan fingerprint density at radius 3 is 2.57 bits per heavy atom. The summed E-state index contributed by atoms with van der Waals surface area (Å²) in [6, 6.07) is 0. The summed E-state index contributed by atoms with van der Waals surface area (Å²) >= 11 is 5.84. The van der Waals surface area contributed by atoms with E-state index in [1.807, 2.05) is 43.4 Å². The number of allylic oxidation sites excluding steroid dienone is 5. The summed E-state index contributed by atoms with van der Waals surface area (Å²) in [6.45, 7) is 1.96. The lowest BCUT2D eigenvalue weighted by molar-refractivity contribution is 1.09. The lowest BCUT2D eigenvalue weighted by atomic mass is 10.3. The Labute approximate surface area is 88.0 Å². The number of aromatic nitrogens is 2. The Kier molecular flexibility index (Phi) is 4.01. The monoisotopic (exact) mass is 209 g/mol. The smallest absolute Gasteiger partial charge is 0.164 e. The number of hydrogen-bond donors (Lipinski definition) is 2. The third kappa shape index (κ3) is 2.78.